The van der Waals surface area contributed by atoms with E-state index in [1.165, 1.54) is 24.3 Å². The first-order valence-corrected chi connectivity index (χ1v) is 7.85. The van der Waals surface area contributed by atoms with E-state index < -0.39 is 29.4 Å². The number of non-ortho nitro benzene ring substituents is 1. The maximum Gasteiger partial charge on any atom is 0.269 e. The van der Waals surface area contributed by atoms with Crippen LogP contribution < -0.4 is 15.2 Å². The lowest BCUT2D eigenvalue weighted by Gasteiger charge is -2.20. The highest BCUT2D eigenvalue weighted by Crippen LogP contribution is 2.17. The van der Waals surface area contributed by atoms with Crippen LogP contribution in [0.3, 0.4) is 0 Å². The zero-order valence-corrected chi connectivity index (χ0v) is 14.1. The predicted molar refractivity (Wildman–Crippen MR) is 90.7 cm³/mol. The van der Waals surface area contributed by atoms with Gasteiger partial charge >= 0.3 is 0 Å². The fourth-order valence-electron chi connectivity index (χ4n) is 2.10. The van der Waals surface area contributed by atoms with E-state index in [9.17, 15) is 24.8 Å². The summed E-state index contributed by atoms with van der Waals surface area (Å²) in [6.07, 6.45) is 0.0305. The molecule has 0 radical (unpaired) electrons. The molecule has 0 aliphatic carbocycles. The fraction of sp³-hybridized carbons (Fsp3) is 0.176. The monoisotopic (exact) mass is 377 g/mol. The topological polar surface area (TPSA) is 122 Å². The lowest BCUT2D eigenvalue weighted by molar-refractivity contribution is -0.384. The molecule has 0 aliphatic heterocycles. The molecule has 1 amide bonds. The van der Waals surface area contributed by atoms with Gasteiger partial charge in [-0.1, -0.05) is 23.7 Å². The van der Waals surface area contributed by atoms with Gasteiger partial charge in [0.05, 0.1) is 16.9 Å². The average molecular weight is 378 g/mol. The Morgan fingerprint density at radius 2 is 1.73 bits per heavy atom. The van der Waals surface area contributed by atoms with Gasteiger partial charge in [0.25, 0.3) is 11.6 Å². The molecule has 1 unspecified atom stereocenters. The minimum atomic E-state index is -1.43. The van der Waals surface area contributed by atoms with Gasteiger partial charge in [0.15, 0.2) is 6.61 Å². The normalized spacial score (nSPS) is 11.4. The summed E-state index contributed by atoms with van der Waals surface area (Å²) >= 11 is 5.77. The number of ether oxygens (including phenoxy) is 1. The Hall–Kier alpha value is -3.13. The Balaban J connectivity index is 1.89. The number of nitrogens with one attached hydrogen (secondary N) is 1. The van der Waals surface area contributed by atoms with Crippen molar-refractivity contribution in [2.24, 2.45) is 0 Å². The summed E-state index contributed by atoms with van der Waals surface area (Å²) in [5, 5.41) is 24.6. The smallest absolute Gasteiger partial charge is 0.269 e. The Kier molecular flexibility index (Phi) is 6.51. The standard InChI is InChI=1S/C17H15ClN2O6/c18-12-3-1-11(2-4-12)9-15(17(22)23)19-16(21)10-26-14-7-5-13(6-8-14)20(24)25/h1-8,15H,9-10H2,(H,19,21)(H,22,23)/p-1. The summed E-state index contributed by atoms with van der Waals surface area (Å²) < 4.78 is 5.18. The van der Waals surface area contributed by atoms with E-state index in [1.807, 2.05) is 0 Å². The molecule has 2 rings (SSSR count). The van der Waals surface area contributed by atoms with Gasteiger partial charge in [-0.2, -0.15) is 0 Å². The Bertz CT molecular complexity index is 792. The number of rotatable bonds is 8. The van der Waals surface area contributed by atoms with Crippen molar-refractivity contribution in [3.63, 3.8) is 0 Å². The van der Waals surface area contributed by atoms with Gasteiger partial charge < -0.3 is 20.0 Å². The summed E-state index contributed by atoms with van der Waals surface area (Å²) in [5.41, 5.74) is 0.557. The van der Waals surface area contributed by atoms with E-state index in [2.05, 4.69) is 5.32 Å². The molecule has 1 N–H and O–H groups in total. The van der Waals surface area contributed by atoms with Crippen LogP contribution in [0.1, 0.15) is 5.56 Å². The maximum absolute atomic E-state index is 11.9. The van der Waals surface area contributed by atoms with Crippen molar-refractivity contribution in [2.75, 3.05) is 6.61 Å². The summed E-state index contributed by atoms with van der Waals surface area (Å²) in [7, 11) is 0. The van der Waals surface area contributed by atoms with Crippen LogP contribution in [0, 0.1) is 10.1 Å². The maximum atomic E-state index is 11.9. The van der Waals surface area contributed by atoms with Crippen LogP contribution >= 0.6 is 11.6 Å². The summed E-state index contributed by atoms with van der Waals surface area (Å²) in [6, 6.07) is 10.4. The number of nitro groups is 1. The zero-order valence-electron chi connectivity index (χ0n) is 13.4. The Morgan fingerprint density at radius 3 is 2.27 bits per heavy atom. The van der Waals surface area contributed by atoms with Gasteiger partial charge in [0.1, 0.15) is 5.75 Å². The van der Waals surface area contributed by atoms with Gasteiger partial charge in [0, 0.05) is 17.2 Å². The number of hydrogen-bond donors (Lipinski definition) is 1. The first-order valence-electron chi connectivity index (χ1n) is 7.47. The highest BCUT2D eigenvalue weighted by atomic mass is 35.5. The van der Waals surface area contributed by atoms with Crippen LogP contribution in [0.15, 0.2) is 48.5 Å². The number of carboxylic acid groups (broad SMARTS) is 1. The number of halogens is 1. The lowest BCUT2D eigenvalue weighted by atomic mass is 10.1. The van der Waals surface area contributed by atoms with Gasteiger partial charge in [0.2, 0.25) is 0 Å². The number of nitro benzene ring substituents is 1. The second-order valence-electron chi connectivity index (χ2n) is 5.31. The number of aliphatic carboxylic acids is 1. The lowest BCUT2D eigenvalue weighted by Crippen LogP contribution is -2.50. The molecule has 0 aromatic heterocycles. The molecule has 26 heavy (non-hydrogen) atoms. The highest BCUT2D eigenvalue weighted by molar-refractivity contribution is 6.30. The number of amides is 1. The molecule has 0 bridgehead atoms. The summed E-state index contributed by atoms with van der Waals surface area (Å²) in [6.45, 7) is -0.442. The molecular formula is C17H14ClN2O6-. The van der Waals surface area contributed by atoms with Crippen molar-refractivity contribution >= 4 is 29.2 Å². The number of carbonyl (C=O) groups excluding carboxylic acids is 2. The first kappa shape index (κ1) is 19.2. The fourth-order valence-corrected chi connectivity index (χ4v) is 2.22. The SMILES string of the molecule is O=C(COc1ccc([N+](=O)[O-])cc1)NC(Cc1ccc(Cl)cc1)C(=O)[O-]. The van der Waals surface area contributed by atoms with Gasteiger partial charge in [-0.25, -0.2) is 0 Å². The minimum Gasteiger partial charge on any atom is -0.548 e. The second-order valence-corrected chi connectivity index (χ2v) is 5.75. The third-order valence-corrected chi connectivity index (χ3v) is 3.64. The molecule has 1 atom stereocenters. The van der Waals surface area contributed by atoms with Crippen LogP contribution in [0.4, 0.5) is 5.69 Å². The molecule has 2 aromatic rings. The van der Waals surface area contributed by atoms with Crippen molar-refractivity contribution in [1.82, 2.24) is 5.32 Å². The number of carbonyl (C=O) groups is 2. The summed E-state index contributed by atoms with van der Waals surface area (Å²) in [5.74, 6) is -1.84. The molecular weight excluding hydrogens is 364 g/mol. The highest BCUT2D eigenvalue weighted by Gasteiger charge is 2.15. The zero-order chi connectivity index (χ0) is 19.1. The first-order chi connectivity index (χ1) is 12.3. The van der Waals surface area contributed by atoms with E-state index in [4.69, 9.17) is 16.3 Å². The molecule has 0 fully saturated rings. The van der Waals surface area contributed by atoms with Crippen molar-refractivity contribution in [2.45, 2.75) is 12.5 Å². The van der Waals surface area contributed by atoms with Crippen LogP contribution in [0.2, 0.25) is 5.02 Å². The average Bonchev–Trinajstić information content (AvgIpc) is 2.61. The molecule has 0 spiro atoms. The van der Waals surface area contributed by atoms with Crippen molar-refractivity contribution < 1.29 is 24.4 Å². The van der Waals surface area contributed by atoms with Gasteiger partial charge in [-0.05, 0) is 36.2 Å². The number of benzene rings is 2. The molecule has 0 saturated heterocycles. The number of hydrogen-bond acceptors (Lipinski definition) is 6. The van der Waals surface area contributed by atoms with Crippen LogP contribution in [-0.2, 0) is 16.0 Å². The van der Waals surface area contributed by atoms with Crippen molar-refractivity contribution in [1.29, 1.82) is 0 Å². The van der Waals surface area contributed by atoms with E-state index >= 15 is 0 Å². The molecule has 136 valence electrons. The number of nitrogens with zero attached hydrogens (tertiary/aromatic N) is 1. The van der Waals surface area contributed by atoms with E-state index in [0.717, 1.165) is 0 Å². The van der Waals surface area contributed by atoms with Crippen LogP contribution in [-0.4, -0.2) is 29.4 Å². The van der Waals surface area contributed by atoms with Crippen LogP contribution in [0.25, 0.3) is 0 Å². The van der Waals surface area contributed by atoms with Gasteiger partial charge in [-0.15, -0.1) is 0 Å². The van der Waals surface area contributed by atoms with Gasteiger partial charge in [-0.3, -0.25) is 14.9 Å². The van der Waals surface area contributed by atoms with Crippen LogP contribution in [0.5, 0.6) is 5.75 Å². The summed E-state index contributed by atoms with van der Waals surface area (Å²) in [4.78, 5) is 33.1. The molecule has 0 heterocycles. The quantitative estimate of drug-likeness (QED) is 0.543. The predicted octanol–water partition coefficient (Wildman–Crippen LogP) is 1.10. The molecule has 0 aliphatic rings. The molecule has 0 saturated carbocycles. The minimum absolute atomic E-state index is 0.0305. The molecule has 8 nitrogen and oxygen atoms in total. The third kappa shape index (κ3) is 5.75. The second kappa shape index (κ2) is 8.82. The Labute approximate surface area is 153 Å². The van der Waals surface area contributed by atoms with E-state index in [0.29, 0.717) is 10.6 Å². The largest absolute Gasteiger partial charge is 0.548 e. The Morgan fingerprint density at radius 1 is 1.12 bits per heavy atom. The molecule has 9 heteroatoms. The van der Waals surface area contributed by atoms with Crippen molar-refractivity contribution in [3.05, 3.63) is 69.2 Å². The van der Waals surface area contributed by atoms with E-state index in [-0.39, 0.29) is 17.9 Å². The van der Waals surface area contributed by atoms with Crippen molar-refractivity contribution in [3.8, 4) is 5.75 Å². The number of carboxylic acids is 1. The molecule has 2 aromatic carbocycles. The van der Waals surface area contributed by atoms with E-state index in [1.54, 1.807) is 24.3 Å². The third-order valence-electron chi connectivity index (χ3n) is 3.39.